The maximum atomic E-state index is 13.1. The largest absolute Gasteiger partial charge is 0.489 e. The van der Waals surface area contributed by atoms with Crippen LogP contribution in [0.3, 0.4) is 0 Å². The highest BCUT2D eigenvalue weighted by molar-refractivity contribution is 5.36. The van der Waals surface area contributed by atoms with Gasteiger partial charge in [-0.1, -0.05) is 6.92 Å². The van der Waals surface area contributed by atoms with E-state index in [4.69, 9.17) is 10.5 Å². The van der Waals surface area contributed by atoms with Crippen molar-refractivity contribution in [3.8, 4) is 5.75 Å². The molecule has 0 saturated carbocycles. The van der Waals surface area contributed by atoms with Gasteiger partial charge in [0.2, 0.25) is 0 Å². The van der Waals surface area contributed by atoms with Gasteiger partial charge in [-0.05, 0) is 44.0 Å². The molecule has 2 N–H and O–H groups in total. The second kappa shape index (κ2) is 6.18. The number of hydrogen-bond acceptors (Lipinski definition) is 4. The number of nitrogens with two attached hydrogens (primary N) is 1. The van der Waals surface area contributed by atoms with Crippen LogP contribution in [-0.4, -0.2) is 16.1 Å². The molecule has 0 fully saturated rings. The minimum atomic E-state index is -0.822. The van der Waals surface area contributed by atoms with Crippen molar-refractivity contribution in [2.45, 2.75) is 38.8 Å². The van der Waals surface area contributed by atoms with E-state index in [1.54, 1.807) is 18.5 Å². The molecule has 5 heteroatoms. The lowest BCUT2D eigenvalue weighted by atomic mass is 9.85. The molecule has 0 radical (unpaired) electrons. The summed E-state index contributed by atoms with van der Waals surface area (Å²) in [4.78, 5) is 8.31. The molecule has 1 atom stereocenters. The highest BCUT2D eigenvalue weighted by Crippen LogP contribution is 2.30. The lowest BCUT2D eigenvalue weighted by Gasteiger charge is -2.28. The van der Waals surface area contributed by atoms with Gasteiger partial charge in [0.05, 0.1) is 29.7 Å². The lowest BCUT2D eigenvalue weighted by Crippen LogP contribution is -2.38. The van der Waals surface area contributed by atoms with Crippen molar-refractivity contribution in [3.05, 3.63) is 53.9 Å². The Labute approximate surface area is 124 Å². The molecule has 0 aliphatic heterocycles. The van der Waals surface area contributed by atoms with Gasteiger partial charge in [-0.15, -0.1) is 0 Å². The molecule has 2 heterocycles. The minimum absolute atomic E-state index is 0.0554. The SMILES string of the molecule is CCC(N)(c1cncc(OC(C)C)c1)c1ccc(F)cn1. The Kier molecular flexibility index (Phi) is 4.53. The van der Waals surface area contributed by atoms with E-state index in [-0.39, 0.29) is 11.9 Å². The molecule has 0 amide bonds. The summed E-state index contributed by atoms with van der Waals surface area (Å²) in [6, 6.07) is 4.83. The van der Waals surface area contributed by atoms with Crippen molar-refractivity contribution < 1.29 is 9.13 Å². The smallest absolute Gasteiger partial charge is 0.141 e. The van der Waals surface area contributed by atoms with Crippen molar-refractivity contribution in [2.24, 2.45) is 5.73 Å². The van der Waals surface area contributed by atoms with E-state index in [1.165, 1.54) is 12.3 Å². The molecule has 0 bridgehead atoms. The van der Waals surface area contributed by atoms with Crippen molar-refractivity contribution in [3.63, 3.8) is 0 Å². The summed E-state index contributed by atoms with van der Waals surface area (Å²) in [6.07, 6.45) is 5.19. The molecule has 0 aromatic carbocycles. The van der Waals surface area contributed by atoms with Crippen LogP contribution in [0.25, 0.3) is 0 Å². The molecule has 112 valence electrons. The normalized spacial score (nSPS) is 14.0. The van der Waals surface area contributed by atoms with Crippen LogP contribution in [0, 0.1) is 5.82 Å². The van der Waals surface area contributed by atoms with E-state index in [9.17, 15) is 4.39 Å². The predicted octanol–water partition coefficient (Wildman–Crippen LogP) is 3.02. The van der Waals surface area contributed by atoms with Crippen molar-refractivity contribution in [2.75, 3.05) is 0 Å². The zero-order chi connectivity index (χ0) is 15.5. The first-order chi connectivity index (χ1) is 9.95. The minimum Gasteiger partial charge on any atom is -0.489 e. The van der Waals surface area contributed by atoms with Crippen LogP contribution in [0.5, 0.6) is 5.75 Å². The van der Waals surface area contributed by atoms with Crippen LogP contribution in [0.4, 0.5) is 4.39 Å². The van der Waals surface area contributed by atoms with Crippen LogP contribution < -0.4 is 10.5 Å². The number of hydrogen-bond donors (Lipinski definition) is 1. The zero-order valence-electron chi connectivity index (χ0n) is 12.5. The molecule has 1 unspecified atom stereocenters. The Bertz CT molecular complexity index is 601. The third-order valence-corrected chi connectivity index (χ3v) is 3.34. The van der Waals surface area contributed by atoms with Crippen LogP contribution in [0.1, 0.15) is 38.4 Å². The molecular formula is C16H20FN3O. The molecule has 2 aromatic heterocycles. The number of nitrogens with zero attached hydrogens (tertiary/aromatic N) is 2. The van der Waals surface area contributed by atoms with Crippen LogP contribution in [0.2, 0.25) is 0 Å². The number of rotatable bonds is 5. The highest BCUT2D eigenvalue weighted by Gasteiger charge is 2.30. The predicted molar refractivity (Wildman–Crippen MR) is 79.5 cm³/mol. The molecule has 0 spiro atoms. The van der Waals surface area contributed by atoms with Gasteiger partial charge in [0.1, 0.15) is 11.6 Å². The summed E-state index contributed by atoms with van der Waals surface area (Å²) in [7, 11) is 0. The van der Waals surface area contributed by atoms with E-state index in [0.717, 1.165) is 5.56 Å². The van der Waals surface area contributed by atoms with E-state index in [2.05, 4.69) is 9.97 Å². The Morgan fingerprint density at radius 2 is 2.05 bits per heavy atom. The van der Waals surface area contributed by atoms with Crippen LogP contribution in [-0.2, 0) is 5.54 Å². The summed E-state index contributed by atoms with van der Waals surface area (Å²) in [5, 5.41) is 0. The highest BCUT2D eigenvalue weighted by atomic mass is 19.1. The van der Waals surface area contributed by atoms with Gasteiger partial charge in [-0.2, -0.15) is 0 Å². The van der Waals surface area contributed by atoms with Gasteiger partial charge in [0.25, 0.3) is 0 Å². The Balaban J connectivity index is 2.42. The average Bonchev–Trinajstić information content (AvgIpc) is 2.47. The molecule has 2 aromatic rings. The first kappa shape index (κ1) is 15.4. The van der Waals surface area contributed by atoms with E-state index in [1.807, 2.05) is 26.8 Å². The summed E-state index contributed by atoms with van der Waals surface area (Å²) in [5.74, 6) is 0.278. The van der Waals surface area contributed by atoms with Gasteiger partial charge < -0.3 is 10.5 Å². The fraction of sp³-hybridized carbons (Fsp3) is 0.375. The van der Waals surface area contributed by atoms with Gasteiger partial charge >= 0.3 is 0 Å². The number of halogens is 1. The standard InChI is InChI=1S/C16H20FN3O/c1-4-16(18,15-6-5-13(17)9-20-15)12-7-14(10-19-8-12)21-11(2)3/h5-11H,4,18H2,1-3H3. The molecule has 0 aliphatic rings. The van der Waals surface area contributed by atoms with Crippen LogP contribution >= 0.6 is 0 Å². The van der Waals surface area contributed by atoms with Crippen molar-refractivity contribution in [1.29, 1.82) is 0 Å². The quantitative estimate of drug-likeness (QED) is 0.919. The molecule has 4 nitrogen and oxygen atoms in total. The lowest BCUT2D eigenvalue weighted by molar-refractivity contribution is 0.240. The van der Waals surface area contributed by atoms with E-state index in [0.29, 0.717) is 17.9 Å². The third kappa shape index (κ3) is 3.36. The fourth-order valence-corrected chi connectivity index (χ4v) is 2.17. The number of aromatic nitrogens is 2. The molecule has 0 aliphatic carbocycles. The second-order valence-corrected chi connectivity index (χ2v) is 5.26. The monoisotopic (exact) mass is 289 g/mol. The maximum Gasteiger partial charge on any atom is 0.141 e. The first-order valence-electron chi connectivity index (χ1n) is 6.99. The van der Waals surface area contributed by atoms with Gasteiger partial charge in [0, 0.05) is 6.20 Å². The van der Waals surface area contributed by atoms with Gasteiger partial charge in [-0.25, -0.2) is 4.39 Å². The summed E-state index contributed by atoms with van der Waals surface area (Å²) in [6.45, 7) is 5.86. The van der Waals surface area contributed by atoms with Crippen molar-refractivity contribution >= 4 is 0 Å². The van der Waals surface area contributed by atoms with E-state index >= 15 is 0 Å². The maximum absolute atomic E-state index is 13.1. The Morgan fingerprint density at radius 1 is 1.29 bits per heavy atom. The van der Waals surface area contributed by atoms with Crippen molar-refractivity contribution in [1.82, 2.24) is 9.97 Å². The Morgan fingerprint density at radius 3 is 2.62 bits per heavy atom. The third-order valence-electron chi connectivity index (χ3n) is 3.34. The zero-order valence-corrected chi connectivity index (χ0v) is 12.5. The molecule has 21 heavy (non-hydrogen) atoms. The van der Waals surface area contributed by atoms with Crippen LogP contribution in [0.15, 0.2) is 36.8 Å². The van der Waals surface area contributed by atoms with E-state index < -0.39 is 5.54 Å². The topological polar surface area (TPSA) is 61.0 Å². The summed E-state index contributed by atoms with van der Waals surface area (Å²) in [5.41, 5.74) is 7.09. The number of pyridine rings is 2. The average molecular weight is 289 g/mol. The van der Waals surface area contributed by atoms with Gasteiger partial charge in [-0.3, -0.25) is 9.97 Å². The second-order valence-electron chi connectivity index (χ2n) is 5.26. The van der Waals surface area contributed by atoms with Gasteiger partial charge in [0.15, 0.2) is 0 Å². The molecular weight excluding hydrogens is 269 g/mol. The Hall–Kier alpha value is -2.01. The molecule has 0 saturated heterocycles. The summed E-state index contributed by atoms with van der Waals surface area (Å²) < 4.78 is 18.7. The first-order valence-corrected chi connectivity index (χ1v) is 6.99. The summed E-state index contributed by atoms with van der Waals surface area (Å²) >= 11 is 0. The fourth-order valence-electron chi connectivity index (χ4n) is 2.17. The number of ether oxygens (including phenoxy) is 1. The molecule has 2 rings (SSSR count).